The topological polar surface area (TPSA) is 43.8 Å². The Morgan fingerprint density at radius 3 is 2.40 bits per heavy atom. The van der Waals surface area contributed by atoms with E-state index >= 15 is 0 Å². The van der Waals surface area contributed by atoms with Crippen molar-refractivity contribution in [1.29, 1.82) is 0 Å². The Morgan fingerprint density at radius 1 is 1.20 bits per heavy atom. The van der Waals surface area contributed by atoms with Gasteiger partial charge in [-0.2, -0.15) is 5.10 Å². The van der Waals surface area contributed by atoms with Crippen LogP contribution in [-0.4, -0.2) is 9.78 Å². The molecule has 0 saturated heterocycles. The Bertz CT molecular complexity index is 632. The minimum absolute atomic E-state index is 0.123. The molecule has 0 saturated carbocycles. The van der Waals surface area contributed by atoms with E-state index in [1.807, 2.05) is 6.92 Å². The lowest BCUT2D eigenvalue weighted by Gasteiger charge is -2.15. The molecule has 20 heavy (non-hydrogen) atoms. The Kier molecular flexibility index (Phi) is 3.79. The van der Waals surface area contributed by atoms with Crippen molar-refractivity contribution in [3.63, 3.8) is 0 Å². The van der Waals surface area contributed by atoms with Gasteiger partial charge in [0.05, 0.1) is 11.3 Å². The van der Waals surface area contributed by atoms with E-state index in [0.717, 1.165) is 11.8 Å². The molecule has 0 spiro atoms. The van der Waals surface area contributed by atoms with E-state index in [1.165, 1.54) is 16.8 Å². The highest BCUT2D eigenvalue weighted by Gasteiger charge is 2.24. The molecule has 0 radical (unpaired) electrons. The standard InChI is InChI=1S/C15H19F2N3/c1-8(2)9(3)14-13(15(18)20(4)19-14)11-6-5-10(16)7-12(11)17/h5-9H,18H2,1-4H3. The van der Waals surface area contributed by atoms with Gasteiger partial charge in [0.2, 0.25) is 0 Å². The summed E-state index contributed by atoms with van der Waals surface area (Å²) in [7, 11) is 1.72. The molecule has 0 fully saturated rings. The van der Waals surface area contributed by atoms with Crippen LogP contribution in [0.4, 0.5) is 14.6 Å². The van der Waals surface area contributed by atoms with Crippen LogP contribution in [0.1, 0.15) is 32.4 Å². The second kappa shape index (κ2) is 5.23. The molecule has 3 nitrogen and oxygen atoms in total. The summed E-state index contributed by atoms with van der Waals surface area (Å²) in [5, 5.41) is 4.40. The summed E-state index contributed by atoms with van der Waals surface area (Å²) in [6, 6.07) is 3.51. The maximum atomic E-state index is 14.0. The predicted molar refractivity (Wildman–Crippen MR) is 76.2 cm³/mol. The first-order valence-electron chi connectivity index (χ1n) is 6.60. The molecule has 0 aliphatic rings. The zero-order valence-corrected chi connectivity index (χ0v) is 12.1. The van der Waals surface area contributed by atoms with Crippen LogP contribution in [0.15, 0.2) is 18.2 Å². The third-order valence-corrected chi connectivity index (χ3v) is 3.75. The SMILES string of the molecule is CC(C)C(C)c1nn(C)c(N)c1-c1ccc(F)cc1F. The van der Waals surface area contributed by atoms with Gasteiger partial charge < -0.3 is 5.73 Å². The quantitative estimate of drug-likeness (QED) is 0.930. The smallest absolute Gasteiger partial charge is 0.134 e. The zero-order valence-electron chi connectivity index (χ0n) is 12.1. The molecule has 2 aromatic rings. The molecular weight excluding hydrogens is 260 g/mol. The molecule has 1 aromatic carbocycles. The van der Waals surface area contributed by atoms with Gasteiger partial charge in [-0.1, -0.05) is 20.8 Å². The number of halogens is 2. The number of hydrogen-bond acceptors (Lipinski definition) is 2. The fraction of sp³-hybridized carbons (Fsp3) is 0.400. The predicted octanol–water partition coefficient (Wildman–Crippen LogP) is 3.71. The number of rotatable bonds is 3. The summed E-state index contributed by atoms with van der Waals surface area (Å²) in [6.45, 7) is 6.16. The highest BCUT2D eigenvalue weighted by molar-refractivity contribution is 5.77. The lowest BCUT2D eigenvalue weighted by Crippen LogP contribution is -2.05. The molecule has 108 valence electrons. The average Bonchev–Trinajstić information content (AvgIpc) is 2.65. The van der Waals surface area contributed by atoms with E-state index in [0.29, 0.717) is 22.9 Å². The van der Waals surface area contributed by atoms with Gasteiger partial charge in [0, 0.05) is 24.6 Å². The monoisotopic (exact) mass is 279 g/mol. The van der Waals surface area contributed by atoms with Crippen LogP contribution in [0.25, 0.3) is 11.1 Å². The van der Waals surface area contributed by atoms with Crippen molar-refractivity contribution in [2.24, 2.45) is 13.0 Å². The normalized spacial score (nSPS) is 12.9. The van der Waals surface area contributed by atoms with Crippen molar-refractivity contribution in [1.82, 2.24) is 9.78 Å². The van der Waals surface area contributed by atoms with E-state index in [-0.39, 0.29) is 5.92 Å². The van der Waals surface area contributed by atoms with Gasteiger partial charge >= 0.3 is 0 Å². The Morgan fingerprint density at radius 2 is 1.85 bits per heavy atom. The van der Waals surface area contributed by atoms with Gasteiger partial charge in [-0.15, -0.1) is 0 Å². The first-order valence-corrected chi connectivity index (χ1v) is 6.60. The summed E-state index contributed by atoms with van der Waals surface area (Å²) >= 11 is 0. The molecule has 0 amide bonds. The molecule has 0 bridgehead atoms. The minimum atomic E-state index is -0.623. The number of anilines is 1. The van der Waals surface area contributed by atoms with Crippen LogP contribution in [-0.2, 0) is 7.05 Å². The summed E-state index contributed by atoms with van der Waals surface area (Å²) in [5.74, 6) is -0.378. The van der Waals surface area contributed by atoms with Gasteiger partial charge in [-0.05, 0) is 18.1 Å². The summed E-state index contributed by atoms with van der Waals surface area (Å²) in [5.41, 5.74) is 7.61. The van der Waals surface area contributed by atoms with E-state index in [9.17, 15) is 8.78 Å². The first-order chi connectivity index (χ1) is 9.32. The van der Waals surface area contributed by atoms with Gasteiger partial charge in [0.25, 0.3) is 0 Å². The molecule has 2 N–H and O–H groups in total. The fourth-order valence-electron chi connectivity index (χ4n) is 2.16. The summed E-state index contributed by atoms with van der Waals surface area (Å²) in [4.78, 5) is 0. The molecule has 0 aliphatic heterocycles. The zero-order chi connectivity index (χ0) is 15.0. The van der Waals surface area contributed by atoms with Crippen molar-refractivity contribution in [3.8, 4) is 11.1 Å². The van der Waals surface area contributed by atoms with Gasteiger partial charge in [0.1, 0.15) is 17.5 Å². The lowest BCUT2D eigenvalue weighted by molar-refractivity contribution is 0.517. The molecule has 1 heterocycles. The Hall–Kier alpha value is -1.91. The number of nitrogens with two attached hydrogens (primary N) is 1. The van der Waals surface area contributed by atoms with Gasteiger partial charge in [-0.25, -0.2) is 8.78 Å². The highest BCUT2D eigenvalue weighted by Crippen LogP contribution is 2.37. The molecular formula is C15H19F2N3. The Labute approximate surface area is 117 Å². The molecule has 1 unspecified atom stereocenters. The third kappa shape index (κ3) is 2.40. The van der Waals surface area contributed by atoms with Crippen LogP contribution >= 0.6 is 0 Å². The average molecular weight is 279 g/mol. The summed E-state index contributed by atoms with van der Waals surface area (Å²) < 4.78 is 28.6. The number of nitrogen functional groups attached to an aromatic ring is 1. The maximum absolute atomic E-state index is 14.0. The highest BCUT2D eigenvalue weighted by atomic mass is 19.1. The van der Waals surface area contributed by atoms with Crippen LogP contribution in [0.2, 0.25) is 0 Å². The van der Waals surface area contributed by atoms with E-state index in [4.69, 9.17) is 5.73 Å². The minimum Gasteiger partial charge on any atom is -0.383 e. The van der Waals surface area contributed by atoms with Crippen LogP contribution in [0, 0.1) is 17.6 Å². The number of hydrogen-bond donors (Lipinski definition) is 1. The van der Waals surface area contributed by atoms with Crippen molar-refractivity contribution in [3.05, 3.63) is 35.5 Å². The van der Waals surface area contributed by atoms with E-state index in [2.05, 4.69) is 18.9 Å². The molecule has 5 heteroatoms. The Balaban J connectivity index is 2.66. The van der Waals surface area contributed by atoms with Crippen molar-refractivity contribution >= 4 is 5.82 Å². The van der Waals surface area contributed by atoms with E-state index in [1.54, 1.807) is 7.05 Å². The summed E-state index contributed by atoms with van der Waals surface area (Å²) in [6.07, 6.45) is 0. The molecule has 0 aliphatic carbocycles. The second-order valence-corrected chi connectivity index (χ2v) is 5.43. The van der Waals surface area contributed by atoms with Crippen molar-refractivity contribution < 1.29 is 8.78 Å². The van der Waals surface area contributed by atoms with Crippen LogP contribution in [0.3, 0.4) is 0 Å². The molecule has 1 aromatic heterocycles. The third-order valence-electron chi connectivity index (χ3n) is 3.75. The number of aromatic nitrogens is 2. The number of nitrogens with zero attached hydrogens (tertiary/aromatic N) is 2. The number of benzene rings is 1. The van der Waals surface area contributed by atoms with E-state index < -0.39 is 11.6 Å². The molecule has 1 atom stereocenters. The maximum Gasteiger partial charge on any atom is 0.134 e. The van der Waals surface area contributed by atoms with Crippen molar-refractivity contribution in [2.75, 3.05) is 5.73 Å². The lowest BCUT2D eigenvalue weighted by atomic mass is 9.90. The van der Waals surface area contributed by atoms with Crippen molar-refractivity contribution in [2.45, 2.75) is 26.7 Å². The second-order valence-electron chi connectivity index (χ2n) is 5.43. The first kappa shape index (κ1) is 14.5. The van der Waals surface area contributed by atoms with Crippen LogP contribution in [0.5, 0.6) is 0 Å². The fourth-order valence-corrected chi connectivity index (χ4v) is 2.16. The van der Waals surface area contributed by atoms with Gasteiger partial charge in [-0.3, -0.25) is 4.68 Å². The van der Waals surface area contributed by atoms with Crippen LogP contribution < -0.4 is 5.73 Å². The molecule has 2 rings (SSSR count). The largest absolute Gasteiger partial charge is 0.383 e. The number of aryl methyl sites for hydroxylation is 1. The van der Waals surface area contributed by atoms with Gasteiger partial charge in [0.15, 0.2) is 0 Å².